The Kier molecular flexibility index (Phi) is 8.39. The van der Waals surface area contributed by atoms with Crippen LogP contribution < -0.4 is 14.8 Å². The zero-order chi connectivity index (χ0) is 19.6. The minimum atomic E-state index is -1.82. The largest absolute Gasteiger partial charge is 0.489 e. The smallest absolute Gasteiger partial charge is 0.414 e. The molecular weight excluding hydrogens is 350 g/mol. The summed E-state index contributed by atoms with van der Waals surface area (Å²) < 4.78 is 12.2. The third-order valence-corrected chi connectivity index (χ3v) is 5.04. The molecule has 2 fully saturated rings. The van der Waals surface area contributed by atoms with Crippen molar-refractivity contribution in [2.24, 2.45) is 11.8 Å². The maximum Gasteiger partial charge on any atom is 0.414 e. The predicted molar refractivity (Wildman–Crippen MR) is 100 cm³/mol. The number of ether oxygens (including phenoxy) is 2. The van der Waals surface area contributed by atoms with Crippen molar-refractivity contribution in [1.29, 1.82) is 0 Å². The van der Waals surface area contributed by atoms with E-state index in [1.165, 1.54) is 32.1 Å². The molecule has 150 valence electrons. The Labute approximate surface area is 159 Å². The predicted octanol–water partition coefficient (Wildman–Crippen LogP) is 2.79. The summed E-state index contributed by atoms with van der Waals surface area (Å²) in [6.07, 6.45) is 6.71. The summed E-state index contributed by atoms with van der Waals surface area (Å²) in [6.45, 7) is 5.22. The second-order valence-electron chi connectivity index (χ2n) is 7.09. The lowest BCUT2D eigenvalue weighted by Gasteiger charge is -2.30. The highest BCUT2D eigenvalue weighted by Gasteiger charge is 2.23. The third kappa shape index (κ3) is 7.09. The van der Waals surface area contributed by atoms with Gasteiger partial charge in [-0.2, -0.15) is 0 Å². The van der Waals surface area contributed by atoms with Crippen molar-refractivity contribution in [3.8, 4) is 11.5 Å². The van der Waals surface area contributed by atoms with Crippen molar-refractivity contribution < 1.29 is 29.3 Å². The summed E-state index contributed by atoms with van der Waals surface area (Å²) in [5.41, 5.74) is 0. The minimum Gasteiger partial charge on any atom is -0.489 e. The number of hydrogen-bond donors (Lipinski definition) is 3. The van der Waals surface area contributed by atoms with Crippen LogP contribution in [0.1, 0.15) is 39.0 Å². The third-order valence-electron chi connectivity index (χ3n) is 5.04. The Bertz CT molecular complexity index is 598. The van der Waals surface area contributed by atoms with Gasteiger partial charge in [0.2, 0.25) is 0 Å². The molecule has 0 amide bonds. The van der Waals surface area contributed by atoms with E-state index in [1.54, 1.807) is 0 Å². The van der Waals surface area contributed by atoms with Crippen LogP contribution >= 0.6 is 0 Å². The van der Waals surface area contributed by atoms with Gasteiger partial charge in [-0.1, -0.05) is 18.6 Å². The first-order valence-corrected chi connectivity index (χ1v) is 9.52. The molecule has 3 N–H and O–H groups in total. The fourth-order valence-electron chi connectivity index (χ4n) is 3.11. The van der Waals surface area contributed by atoms with Gasteiger partial charge in [-0.05, 0) is 57.2 Å². The SMILES string of the molecule is C[C@H](Oc1ccccc1OCC1CCC1)[C@H]1CCCNC1.O=C(O)C(=O)O. The first-order chi connectivity index (χ1) is 13.0. The molecular formula is C20H29NO6. The number of carboxylic acids is 2. The Morgan fingerprint density at radius 3 is 2.30 bits per heavy atom. The van der Waals surface area contributed by atoms with E-state index < -0.39 is 11.9 Å². The van der Waals surface area contributed by atoms with Crippen LogP contribution in [0.5, 0.6) is 11.5 Å². The van der Waals surface area contributed by atoms with Gasteiger partial charge in [0, 0.05) is 12.5 Å². The summed E-state index contributed by atoms with van der Waals surface area (Å²) in [4.78, 5) is 18.2. The highest BCUT2D eigenvalue weighted by atomic mass is 16.5. The van der Waals surface area contributed by atoms with E-state index >= 15 is 0 Å². The van der Waals surface area contributed by atoms with Gasteiger partial charge in [0.1, 0.15) is 6.10 Å². The van der Waals surface area contributed by atoms with E-state index in [0.717, 1.165) is 37.1 Å². The summed E-state index contributed by atoms with van der Waals surface area (Å²) in [5, 5.41) is 18.2. The molecule has 0 aromatic heterocycles. The average molecular weight is 379 g/mol. The van der Waals surface area contributed by atoms with Crippen molar-refractivity contribution in [3.05, 3.63) is 24.3 Å². The fourth-order valence-corrected chi connectivity index (χ4v) is 3.11. The van der Waals surface area contributed by atoms with Gasteiger partial charge in [-0.15, -0.1) is 0 Å². The van der Waals surface area contributed by atoms with E-state index in [9.17, 15) is 0 Å². The van der Waals surface area contributed by atoms with E-state index in [-0.39, 0.29) is 6.10 Å². The van der Waals surface area contributed by atoms with E-state index in [1.807, 2.05) is 24.3 Å². The minimum absolute atomic E-state index is 0.228. The van der Waals surface area contributed by atoms with E-state index in [4.69, 9.17) is 29.3 Å². The molecule has 1 saturated heterocycles. The van der Waals surface area contributed by atoms with Crippen LogP contribution in [0.15, 0.2) is 24.3 Å². The molecule has 0 spiro atoms. The first-order valence-electron chi connectivity index (χ1n) is 9.52. The molecule has 3 rings (SSSR count). The maximum absolute atomic E-state index is 9.10. The van der Waals surface area contributed by atoms with Crippen molar-refractivity contribution >= 4 is 11.9 Å². The number of carboxylic acid groups (broad SMARTS) is 2. The molecule has 0 unspecified atom stereocenters. The van der Waals surface area contributed by atoms with Crippen molar-refractivity contribution in [2.45, 2.75) is 45.1 Å². The van der Waals surface area contributed by atoms with Gasteiger partial charge < -0.3 is 25.0 Å². The van der Waals surface area contributed by atoms with Crippen LogP contribution in [0.25, 0.3) is 0 Å². The van der Waals surface area contributed by atoms with E-state index in [2.05, 4.69) is 12.2 Å². The Morgan fingerprint density at radius 2 is 1.78 bits per heavy atom. The highest BCUT2D eigenvalue weighted by Crippen LogP contribution is 2.32. The Balaban J connectivity index is 0.000000380. The number of benzene rings is 1. The molecule has 27 heavy (non-hydrogen) atoms. The molecule has 0 radical (unpaired) electrons. The van der Waals surface area contributed by atoms with Crippen LogP contribution in [0.2, 0.25) is 0 Å². The number of para-hydroxylation sites is 2. The molecule has 1 aromatic rings. The Morgan fingerprint density at radius 1 is 1.11 bits per heavy atom. The molecule has 1 heterocycles. The van der Waals surface area contributed by atoms with Crippen LogP contribution in [0, 0.1) is 11.8 Å². The summed E-state index contributed by atoms with van der Waals surface area (Å²) in [5.74, 6) is -0.503. The molecule has 0 bridgehead atoms. The Hall–Kier alpha value is -2.28. The molecule has 1 aliphatic heterocycles. The van der Waals surface area contributed by atoms with Gasteiger partial charge in [0.25, 0.3) is 0 Å². The molecule has 7 heteroatoms. The lowest BCUT2D eigenvalue weighted by Crippen LogP contribution is -2.37. The van der Waals surface area contributed by atoms with Gasteiger partial charge in [-0.3, -0.25) is 0 Å². The zero-order valence-electron chi connectivity index (χ0n) is 15.7. The van der Waals surface area contributed by atoms with Crippen molar-refractivity contribution in [1.82, 2.24) is 5.32 Å². The quantitative estimate of drug-likeness (QED) is 0.653. The standard InChI is InChI=1S/C18H27NO2.C2H2O4/c1-14(16-8-5-11-19-12-16)21-18-10-3-2-9-17(18)20-13-15-6-4-7-15;3-1(4)2(5)6/h2-3,9-10,14-16,19H,4-8,11-13H2,1H3;(H,3,4)(H,5,6)/t14-,16-;/m0./s1. The second kappa shape index (κ2) is 10.8. The van der Waals surface area contributed by atoms with Crippen LogP contribution in [-0.2, 0) is 9.59 Å². The molecule has 2 aliphatic rings. The number of carbonyl (C=O) groups is 2. The lowest BCUT2D eigenvalue weighted by atomic mass is 9.86. The summed E-state index contributed by atoms with van der Waals surface area (Å²) >= 11 is 0. The van der Waals surface area contributed by atoms with Crippen LogP contribution in [0.3, 0.4) is 0 Å². The topological polar surface area (TPSA) is 105 Å². The molecule has 1 aromatic carbocycles. The molecule has 7 nitrogen and oxygen atoms in total. The number of aliphatic carboxylic acids is 2. The number of hydrogen-bond acceptors (Lipinski definition) is 5. The first kappa shape index (κ1) is 21.0. The number of nitrogens with one attached hydrogen (secondary N) is 1. The van der Waals surface area contributed by atoms with Gasteiger partial charge in [0.05, 0.1) is 6.61 Å². The molecule has 1 saturated carbocycles. The number of piperidine rings is 1. The second-order valence-corrected chi connectivity index (χ2v) is 7.09. The van der Waals surface area contributed by atoms with Gasteiger partial charge >= 0.3 is 11.9 Å². The monoisotopic (exact) mass is 379 g/mol. The molecule has 1 aliphatic carbocycles. The maximum atomic E-state index is 9.10. The van der Waals surface area contributed by atoms with Crippen molar-refractivity contribution in [3.63, 3.8) is 0 Å². The van der Waals surface area contributed by atoms with E-state index in [0.29, 0.717) is 5.92 Å². The molecule has 2 atom stereocenters. The average Bonchev–Trinajstić information content (AvgIpc) is 2.63. The van der Waals surface area contributed by atoms with Crippen LogP contribution in [0.4, 0.5) is 0 Å². The van der Waals surface area contributed by atoms with Crippen LogP contribution in [-0.4, -0.2) is 48.0 Å². The number of rotatable bonds is 6. The zero-order valence-corrected chi connectivity index (χ0v) is 15.7. The fraction of sp³-hybridized carbons (Fsp3) is 0.600. The van der Waals surface area contributed by atoms with Gasteiger partial charge in [0.15, 0.2) is 11.5 Å². The van der Waals surface area contributed by atoms with Gasteiger partial charge in [-0.25, -0.2) is 9.59 Å². The normalized spacial score (nSPS) is 20.4. The summed E-state index contributed by atoms with van der Waals surface area (Å²) in [7, 11) is 0. The lowest BCUT2D eigenvalue weighted by molar-refractivity contribution is -0.159. The van der Waals surface area contributed by atoms with Crippen molar-refractivity contribution in [2.75, 3.05) is 19.7 Å². The summed E-state index contributed by atoms with van der Waals surface area (Å²) in [6, 6.07) is 8.11. The highest BCUT2D eigenvalue weighted by molar-refractivity contribution is 6.27.